The van der Waals surface area contributed by atoms with Gasteiger partial charge < -0.3 is 14.8 Å². The van der Waals surface area contributed by atoms with Crippen LogP contribution in [0.1, 0.15) is 82.1 Å². The SMILES string of the molecule is COC1(OO[C@H]2CC[C@@H](c3ccc(OCC4CCNCC4)cc3)CC2)C2CC3CC(C2)CC1C3. The van der Waals surface area contributed by atoms with Gasteiger partial charge in [-0.25, -0.2) is 9.78 Å². The zero-order valence-corrected chi connectivity index (χ0v) is 20.9. The van der Waals surface area contributed by atoms with Gasteiger partial charge in [-0.3, -0.25) is 0 Å². The van der Waals surface area contributed by atoms with Crippen LogP contribution < -0.4 is 10.1 Å². The predicted molar refractivity (Wildman–Crippen MR) is 131 cm³/mol. The number of benzene rings is 1. The molecule has 0 unspecified atom stereocenters. The van der Waals surface area contributed by atoms with Crippen molar-refractivity contribution in [1.29, 1.82) is 0 Å². The average Bonchev–Trinajstić information content (AvgIpc) is 2.88. The summed E-state index contributed by atoms with van der Waals surface area (Å²) in [7, 11) is 1.84. The molecule has 1 heterocycles. The van der Waals surface area contributed by atoms with Gasteiger partial charge in [-0.1, -0.05) is 12.1 Å². The second-order valence-electron chi connectivity index (χ2n) is 12.0. The minimum atomic E-state index is -0.492. The molecule has 1 N–H and O–H groups in total. The Morgan fingerprint density at radius 3 is 2.09 bits per heavy atom. The van der Waals surface area contributed by atoms with E-state index >= 15 is 0 Å². The molecular formula is C29H43NO4. The monoisotopic (exact) mass is 469 g/mol. The van der Waals surface area contributed by atoms with Gasteiger partial charge in [0, 0.05) is 18.9 Å². The van der Waals surface area contributed by atoms with Crippen LogP contribution in [0.25, 0.3) is 0 Å². The molecule has 0 radical (unpaired) electrons. The third-order valence-corrected chi connectivity index (χ3v) is 9.88. The highest BCUT2D eigenvalue weighted by Crippen LogP contribution is 2.60. The highest BCUT2D eigenvalue weighted by atomic mass is 17.2. The lowest BCUT2D eigenvalue weighted by atomic mass is 9.53. The topological polar surface area (TPSA) is 49.0 Å². The average molecular weight is 470 g/mol. The maximum Gasteiger partial charge on any atom is 0.207 e. The Balaban J connectivity index is 0.973. The van der Waals surface area contributed by atoms with E-state index in [1.165, 1.54) is 50.5 Å². The summed E-state index contributed by atoms with van der Waals surface area (Å²) in [6, 6.07) is 8.87. The van der Waals surface area contributed by atoms with Crippen molar-refractivity contribution < 1.29 is 19.2 Å². The van der Waals surface area contributed by atoms with Gasteiger partial charge >= 0.3 is 0 Å². The maximum atomic E-state index is 6.29. The van der Waals surface area contributed by atoms with Crippen LogP contribution in [0, 0.1) is 29.6 Å². The highest BCUT2D eigenvalue weighted by Gasteiger charge is 2.60. The molecule has 1 aromatic carbocycles. The van der Waals surface area contributed by atoms with Crippen LogP contribution >= 0.6 is 0 Å². The lowest BCUT2D eigenvalue weighted by Gasteiger charge is -2.58. The Kier molecular flexibility index (Phi) is 6.90. The number of hydrogen-bond acceptors (Lipinski definition) is 5. The van der Waals surface area contributed by atoms with E-state index in [-0.39, 0.29) is 6.10 Å². The summed E-state index contributed by atoms with van der Waals surface area (Å²) in [5.41, 5.74) is 1.43. The van der Waals surface area contributed by atoms with Crippen LogP contribution in [0.3, 0.4) is 0 Å². The largest absolute Gasteiger partial charge is 0.493 e. The molecule has 1 aliphatic heterocycles. The number of piperidine rings is 1. The second kappa shape index (κ2) is 10.1. The molecule has 5 nitrogen and oxygen atoms in total. The zero-order valence-electron chi connectivity index (χ0n) is 20.9. The fourth-order valence-corrected chi connectivity index (χ4v) is 8.08. The molecule has 0 amide bonds. The van der Waals surface area contributed by atoms with Crippen molar-refractivity contribution in [2.24, 2.45) is 29.6 Å². The maximum absolute atomic E-state index is 6.29. The van der Waals surface area contributed by atoms with Crippen molar-refractivity contribution in [3.8, 4) is 5.75 Å². The fourth-order valence-electron chi connectivity index (χ4n) is 8.08. The van der Waals surface area contributed by atoms with Crippen molar-refractivity contribution >= 4 is 0 Å². The molecule has 7 rings (SSSR count). The van der Waals surface area contributed by atoms with Crippen LogP contribution in [0.2, 0.25) is 0 Å². The van der Waals surface area contributed by atoms with Gasteiger partial charge in [-0.2, -0.15) is 0 Å². The number of hydrogen-bond donors (Lipinski definition) is 1. The molecule has 1 aromatic rings. The van der Waals surface area contributed by atoms with Gasteiger partial charge in [0.1, 0.15) is 5.75 Å². The van der Waals surface area contributed by atoms with Crippen molar-refractivity contribution in [2.45, 2.75) is 88.4 Å². The van der Waals surface area contributed by atoms with Crippen molar-refractivity contribution in [1.82, 2.24) is 5.32 Å². The summed E-state index contributed by atoms with van der Waals surface area (Å²) in [6.45, 7) is 3.09. The van der Waals surface area contributed by atoms with Crippen LogP contribution in [-0.2, 0) is 14.5 Å². The Morgan fingerprint density at radius 1 is 0.824 bits per heavy atom. The lowest BCUT2D eigenvalue weighted by molar-refractivity contribution is -0.485. The zero-order chi connectivity index (χ0) is 23.0. The number of rotatable bonds is 8. The van der Waals surface area contributed by atoms with Gasteiger partial charge in [0.2, 0.25) is 5.79 Å². The van der Waals surface area contributed by atoms with Gasteiger partial charge in [0.25, 0.3) is 0 Å². The first-order chi connectivity index (χ1) is 16.7. The van der Waals surface area contributed by atoms with Crippen LogP contribution in [-0.4, -0.2) is 38.7 Å². The van der Waals surface area contributed by atoms with Crippen molar-refractivity contribution in [3.63, 3.8) is 0 Å². The lowest BCUT2D eigenvalue weighted by Crippen LogP contribution is -2.60. The number of nitrogens with one attached hydrogen (secondary N) is 1. The first kappa shape index (κ1) is 23.3. The van der Waals surface area contributed by atoms with Crippen LogP contribution in [0.5, 0.6) is 5.75 Å². The molecule has 0 spiro atoms. The molecule has 1 saturated heterocycles. The van der Waals surface area contributed by atoms with E-state index in [1.54, 1.807) is 0 Å². The van der Waals surface area contributed by atoms with E-state index in [2.05, 4.69) is 29.6 Å². The summed E-state index contributed by atoms with van der Waals surface area (Å²) in [5.74, 6) is 4.63. The minimum absolute atomic E-state index is 0.188. The van der Waals surface area contributed by atoms with Gasteiger partial charge in [0.05, 0.1) is 12.7 Å². The number of ether oxygens (including phenoxy) is 2. The Hall–Kier alpha value is -1.14. The summed E-state index contributed by atoms with van der Waals surface area (Å²) < 4.78 is 12.2. The molecular weight excluding hydrogens is 426 g/mol. The summed E-state index contributed by atoms with van der Waals surface area (Å²) in [4.78, 5) is 12.4. The molecule has 6 aliphatic rings. The third-order valence-electron chi connectivity index (χ3n) is 9.88. The normalized spacial score (nSPS) is 39.9. The molecule has 5 aliphatic carbocycles. The summed E-state index contributed by atoms with van der Waals surface area (Å²) >= 11 is 0. The molecule has 34 heavy (non-hydrogen) atoms. The molecule has 188 valence electrons. The Morgan fingerprint density at radius 2 is 1.47 bits per heavy atom. The highest BCUT2D eigenvalue weighted by molar-refractivity contribution is 5.29. The Bertz CT molecular complexity index is 769. The van der Waals surface area contributed by atoms with E-state index in [0.29, 0.717) is 23.7 Å². The van der Waals surface area contributed by atoms with E-state index < -0.39 is 5.79 Å². The molecule has 4 bridgehead atoms. The summed E-state index contributed by atoms with van der Waals surface area (Å²) in [5, 5.41) is 3.42. The number of methoxy groups -OCH3 is 1. The fraction of sp³-hybridized carbons (Fsp3) is 0.793. The van der Waals surface area contributed by atoms with Crippen LogP contribution in [0.4, 0.5) is 0 Å². The first-order valence-electron chi connectivity index (χ1n) is 14.0. The predicted octanol–water partition coefficient (Wildman–Crippen LogP) is 5.84. The minimum Gasteiger partial charge on any atom is -0.493 e. The van der Waals surface area contributed by atoms with E-state index in [1.807, 2.05) is 7.11 Å². The van der Waals surface area contributed by atoms with Crippen molar-refractivity contribution in [3.05, 3.63) is 29.8 Å². The van der Waals surface area contributed by atoms with Gasteiger partial charge in [0.15, 0.2) is 0 Å². The smallest absolute Gasteiger partial charge is 0.207 e. The molecule has 5 heteroatoms. The molecule has 6 fully saturated rings. The van der Waals surface area contributed by atoms with Gasteiger partial charge in [-0.15, -0.1) is 0 Å². The van der Waals surface area contributed by atoms with E-state index in [4.69, 9.17) is 19.2 Å². The van der Waals surface area contributed by atoms with E-state index in [0.717, 1.165) is 63.0 Å². The Labute approximate surface area is 205 Å². The summed E-state index contributed by atoms with van der Waals surface area (Å²) in [6.07, 6.45) is 13.5. The van der Waals surface area contributed by atoms with Gasteiger partial charge in [-0.05, 0) is 125 Å². The molecule has 5 saturated carbocycles. The standard InChI is InChI=1S/C29H43NO4/c1-31-29(25-15-21-14-22(17-25)18-26(29)16-21)34-33-28-8-4-24(5-9-28)23-2-6-27(7-3-23)32-19-20-10-12-30-13-11-20/h2-3,6-7,20-22,24-26,28,30H,4-5,8-19H2,1H3/t21?,22?,24-,25?,26?,28+,29?. The van der Waals surface area contributed by atoms with E-state index in [9.17, 15) is 0 Å². The second-order valence-corrected chi connectivity index (χ2v) is 12.0. The molecule has 0 atom stereocenters. The van der Waals surface area contributed by atoms with Crippen LogP contribution in [0.15, 0.2) is 24.3 Å². The first-order valence-corrected chi connectivity index (χ1v) is 14.0. The quantitative estimate of drug-likeness (QED) is 0.295. The van der Waals surface area contributed by atoms with Crippen molar-refractivity contribution in [2.75, 3.05) is 26.8 Å². The third kappa shape index (κ3) is 4.66. The molecule has 0 aromatic heterocycles.